The molecule has 0 bridgehead atoms. The molecule has 2 aromatic rings. The number of aryl methyl sites for hydroxylation is 2. The Bertz CT molecular complexity index is 458. The third-order valence-corrected chi connectivity index (χ3v) is 3.44. The van der Waals surface area contributed by atoms with Crippen molar-refractivity contribution in [2.24, 2.45) is 12.8 Å². The van der Waals surface area contributed by atoms with Gasteiger partial charge in [-0.15, -0.1) is 11.3 Å². The van der Waals surface area contributed by atoms with E-state index in [2.05, 4.69) is 10.1 Å². The Labute approximate surface area is 92.8 Å². The lowest BCUT2D eigenvalue weighted by molar-refractivity contribution is 0.770. The Hall–Kier alpha value is -1.20. The van der Waals surface area contributed by atoms with Gasteiger partial charge in [-0.3, -0.25) is 4.68 Å². The van der Waals surface area contributed by atoms with Crippen LogP contribution in [-0.2, 0) is 13.5 Å². The molecule has 15 heavy (non-hydrogen) atoms. The van der Waals surface area contributed by atoms with Crippen LogP contribution in [0.3, 0.4) is 0 Å². The molecule has 0 radical (unpaired) electrons. The summed E-state index contributed by atoms with van der Waals surface area (Å²) in [5.74, 6) is 0. The molecule has 2 rings (SSSR count). The van der Waals surface area contributed by atoms with E-state index in [0.717, 1.165) is 22.8 Å². The van der Waals surface area contributed by atoms with Gasteiger partial charge in [0, 0.05) is 18.1 Å². The molecule has 0 aliphatic rings. The maximum atomic E-state index is 5.54. The lowest BCUT2D eigenvalue weighted by Crippen LogP contribution is -2.01. The molecule has 5 heteroatoms. The second-order valence-corrected chi connectivity index (χ2v) is 4.52. The number of hydrogen-bond acceptors (Lipinski definition) is 4. The zero-order valence-corrected chi connectivity index (χ0v) is 9.71. The largest absolute Gasteiger partial charge is 0.330 e. The van der Waals surface area contributed by atoms with Crippen LogP contribution in [0.4, 0.5) is 0 Å². The maximum absolute atomic E-state index is 5.54. The Morgan fingerprint density at radius 1 is 1.53 bits per heavy atom. The van der Waals surface area contributed by atoms with Gasteiger partial charge in [0.2, 0.25) is 0 Å². The van der Waals surface area contributed by atoms with Gasteiger partial charge in [-0.05, 0) is 26.0 Å². The average molecular weight is 222 g/mol. The molecule has 80 valence electrons. The van der Waals surface area contributed by atoms with E-state index in [1.54, 1.807) is 16.0 Å². The van der Waals surface area contributed by atoms with Crippen LogP contribution in [0.2, 0.25) is 0 Å². The predicted molar refractivity (Wildman–Crippen MR) is 61.8 cm³/mol. The van der Waals surface area contributed by atoms with Crippen LogP contribution in [0.5, 0.6) is 0 Å². The molecule has 0 aliphatic heterocycles. The lowest BCUT2D eigenvalue weighted by Gasteiger charge is -1.90. The summed E-state index contributed by atoms with van der Waals surface area (Å²) in [4.78, 5) is 5.76. The fourth-order valence-electron chi connectivity index (χ4n) is 1.43. The van der Waals surface area contributed by atoms with Crippen molar-refractivity contribution in [3.05, 3.63) is 22.8 Å². The van der Waals surface area contributed by atoms with Gasteiger partial charge in [-0.2, -0.15) is 5.10 Å². The number of rotatable bonds is 3. The summed E-state index contributed by atoms with van der Waals surface area (Å²) >= 11 is 1.68. The van der Waals surface area contributed by atoms with E-state index in [1.807, 2.05) is 26.2 Å². The first-order chi connectivity index (χ1) is 7.20. The molecule has 0 aliphatic carbocycles. The summed E-state index contributed by atoms with van der Waals surface area (Å²) in [6, 6.07) is 1.98. The molecule has 0 amide bonds. The second-order valence-electron chi connectivity index (χ2n) is 3.44. The van der Waals surface area contributed by atoms with E-state index in [9.17, 15) is 0 Å². The van der Waals surface area contributed by atoms with Crippen molar-refractivity contribution in [2.75, 3.05) is 6.54 Å². The predicted octanol–water partition coefficient (Wildman–Crippen LogP) is 1.35. The smallest absolute Gasteiger partial charge is 0.144 e. The topological polar surface area (TPSA) is 56.7 Å². The molecule has 0 fully saturated rings. The number of aromatic nitrogens is 3. The number of nitrogens with zero attached hydrogens (tertiary/aromatic N) is 3. The standard InChI is InChI=1S/C10H14N4S/c1-7-9(3-5-11)15-10(12-7)8-4-6-14(2)13-8/h4,6H,3,5,11H2,1-2H3. The van der Waals surface area contributed by atoms with Crippen LogP contribution >= 0.6 is 11.3 Å². The molecular weight excluding hydrogens is 208 g/mol. The minimum absolute atomic E-state index is 0.671. The molecule has 2 heterocycles. The van der Waals surface area contributed by atoms with E-state index in [1.165, 1.54) is 4.88 Å². The second kappa shape index (κ2) is 4.12. The van der Waals surface area contributed by atoms with E-state index < -0.39 is 0 Å². The summed E-state index contributed by atoms with van der Waals surface area (Å²) < 4.78 is 1.79. The van der Waals surface area contributed by atoms with Crippen LogP contribution in [0.1, 0.15) is 10.6 Å². The van der Waals surface area contributed by atoms with Crippen molar-refractivity contribution in [3.8, 4) is 10.7 Å². The van der Waals surface area contributed by atoms with Crippen LogP contribution in [0.25, 0.3) is 10.7 Å². The molecular formula is C10H14N4S. The third-order valence-electron chi connectivity index (χ3n) is 2.20. The van der Waals surface area contributed by atoms with Crippen LogP contribution in [0.15, 0.2) is 12.3 Å². The van der Waals surface area contributed by atoms with Gasteiger partial charge in [0.25, 0.3) is 0 Å². The first-order valence-electron chi connectivity index (χ1n) is 4.87. The molecule has 0 saturated carbocycles. The molecule has 0 spiro atoms. The Kier molecular flexibility index (Phi) is 2.83. The molecule has 4 nitrogen and oxygen atoms in total. The van der Waals surface area contributed by atoms with Crippen LogP contribution in [-0.4, -0.2) is 21.3 Å². The monoisotopic (exact) mass is 222 g/mol. The highest BCUT2D eigenvalue weighted by molar-refractivity contribution is 7.15. The summed E-state index contributed by atoms with van der Waals surface area (Å²) in [5.41, 5.74) is 7.55. The quantitative estimate of drug-likeness (QED) is 0.853. The third kappa shape index (κ3) is 2.08. The average Bonchev–Trinajstić information content (AvgIpc) is 2.75. The van der Waals surface area contributed by atoms with Gasteiger partial charge >= 0.3 is 0 Å². The lowest BCUT2D eigenvalue weighted by atomic mass is 10.3. The molecule has 0 atom stereocenters. The number of hydrogen-bond donors (Lipinski definition) is 1. The highest BCUT2D eigenvalue weighted by Crippen LogP contribution is 2.26. The van der Waals surface area contributed by atoms with Gasteiger partial charge in [0.15, 0.2) is 0 Å². The summed E-state index contributed by atoms with van der Waals surface area (Å²) in [6.45, 7) is 2.69. The molecule has 2 aromatic heterocycles. The van der Waals surface area contributed by atoms with E-state index in [4.69, 9.17) is 5.73 Å². The maximum Gasteiger partial charge on any atom is 0.144 e. The van der Waals surface area contributed by atoms with Gasteiger partial charge in [0.05, 0.1) is 5.69 Å². The van der Waals surface area contributed by atoms with Crippen molar-refractivity contribution in [1.82, 2.24) is 14.8 Å². The Balaban J connectivity index is 2.33. The molecule has 2 N–H and O–H groups in total. The zero-order chi connectivity index (χ0) is 10.8. The Morgan fingerprint density at radius 3 is 2.93 bits per heavy atom. The highest BCUT2D eigenvalue weighted by Gasteiger charge is 2.10. The number of thiazole rings is 1. The van der Waals surface area contributed by atoms with Crippen molar-refractivity contribution < 1.29 is 0 Å². The fraction of sp³-hybridized carbons (Fsp3) is 0.400. The van der Waals surface area contributed by atoms with Crippen molar-refractivity contribution in [1.29, 1.82) is 0 Å². The first kappa shape index (κ1) is 10.3. The summed E-state index contributed by atoms with van der Waals surface area (Å²) in [7, 11) is 1.91. The van der Waals surface area contributed by atoms with Crippen LogP contribution < -0.4 is 5.73 Å². The van der Waals surface area contributed by atoms with Gasteiger partial charge in [-0.1, -0.05) is 0 Å². The molecule has 0 aromatic carbocycles. The fourth-order valence-corrected chi connectivity index (χ4v) is 2.47. The minimum Gasteiger partial charge on any atom is -0.330 e. The van der Waals surface area contributed by atoms with Crippen LogP contribution in [0, 0.1) is 6.92 Å². The normalized spacial score (nSPS) is 10.9. The van der Waals surface area contributed by atoms with Gasteiger partial charge in [0.1, 0.15) is 10.7 Å². The van der Waals surface area contributed by atoms with Crippen molar-refractivity contribution >= 4 is 11.3 Å². The minimum atomic E-state index is 0.671. The van der Waals surface area contributed by atoms with Gasteiger partial charge in [-0.25, -0.2) is 4.98 Å². The van der Waals surface area contributed by atoms with E-state index in [-0.39, 0.29) is 0 Å². The summed E-state index contributed by atoms with van der Waals surface area (Å²) in [6.07, 6.45) is 2.82. The first-order valence-corrected chi connectivity index (χ1v) is 5.68. The SMILES string of the molecule is Cc1nc(-c2ccn(C)n2)sc1CCN. The summed E-state index contributed by atoms with van der Waals surface area (Å²) in [5, 5.41) is 5.31. The Morgan fingerprint density at radius 2 is 2.33 bits per heavy atom. The molecule has 0 unspecified atom stereocenters. The van der Waals surface area contributed by atoms with Crippen molar-refractivity contribution in [3.63, 3.8) is 0 Å². The van der Waals surface area contributed by atoms with E-state index >= 15 is 0 Å². The van der Waals surface area contributed by atoms with E-state index in [0.29, 0.717) is 6.54 Å². The zero-order valence-electron chi connectivity index (χ0n) is 8.90. The van der Waals surface area contributed by atoms with Crippen molar-refractivity contribution in [2.45, 2.75) is 13.3 Å². The number of nitrogens with two attached hydrogens (primary N) is 1. The highest BCUT2D eigenvalue weighted by atomic mass is 32.1. The molecule has 0 saturated heterocycles. The van der Waals surface area contributed by atoms with Gasteiger partial charge < -0.3 is 5.73 Å².